The third-order valence-corrected chi connectivity index (χ3v) is 2.14. The molecule has 0 amide bonds. The molecule has 0 aliphatic rings. The highest BCUT2D eigenvalue weighted by atomic mass is 79.9. The van der Waals surface area contributed by atoms with Crippen molar-refractivity contribution in [1.82, 2.24) is 0 Å². The van der Waals surface area contributed by atoms with Crippen LogP contribution in [-0.4, -0.2) is 23.4 Å². The van der Waals surface area contributed by atoms with Crippen molar-refractivity contribution in [3.05, 3.63) is 0 Å². The molecule has 0 radical (unpaired) electrons. The molecule has 2 N–H and O–H groups in total. The molecule has 0 aromatic heterocycles. The van der Waals surface area contributed by atoms with Gasteiger partial charge in [0.2, 0.25) is 0 Å². The number of alkyl halides is 1. The fraction of sp³-hybridized carbons (Fsp3) is 0.900. The molecule has 0 spiro atoms. The van der Waals surface area contributed by atoms with Crippen LogP contribution in [0.3, 0.4) is 0 Å². The summed E-state index contributed by atoms with van der Waals surface area (Å²) in [5, 5.41) is 0. The Bertz CT molecular complexity index is 166. The van der Waals surface area contributed by atoms with Crippen molar-refractivity contribution >= 4 is 21.9 Å². The van der Waals surface area contributed by atoms with Crippen LogP contribution in [-0.2, 0) is 9.53 Å². The van der Waals surface area contributed by atoms with Gasteiger partial charge in [-0.3, -0.25) is 4.79 Å². The standard InChI is InChI=1S/C10H20BrNO2/c1-10(2,11)9(13)14-8-6-4-3-5-7-12/h3-8,12H2,1-2H3. The van der Waals surface area contributed by atoms with Crippen molar-refractivity contribution in [2.24, 2.45) is 5.73 Å². The van der Waals surface area contributed by atoms with Crippen LogP contribution in [0.2, 0.25) is 0 Å². The van der Waals surface area contributed by atoms with E-state index in [1.807, 2.05) is 0 Å². The van der Waals surface area contributed by atoms with Crippen molar-refractivity contribution in [2.45, 2.75) is 43.9 Å². The predicted molar refractivity (Wildman–Crippen MR) is 61.5 cm³/mol. The maximum Gasteiger partial charge on any atom is 0.322 e. The summed E-state index contributed by atoms with van der Waals surface area (Å²) in [4.78, 5) is 11.3. The molecule has 0 aliphatic heterocycles. The van der Waals surface area contributed by atoms with Crippen molar-refractivity contribution in [1.29, 1.82) is 0 Å². The van der Waals surface area contributed by atoms with Crippen LogP contribution in [0.15, 0.2) is 0 Å². The Labute approximate surface area is 94.5 Å². The van der Waals surface area contributed by atoms with Gasteiger partial charge in [0.25, 0.3) is 0 Å². The summed E-state index contributed by atoms with van der Waals surface area (Å²) >= 11 is 3.25. The van der Waals surface area contributed by atoms with Gasteiger partial charge in [-0.05, 0) is 33.2 Å². The largest absolute Gasteiger partial charge is 0.465 e. The second-order valence-electron chi connectivity index (χ2n) is 3.81. The van der Waals surface area contributed by atoms with Crippen LogP contribution in [0.4, 0.5) is 0 Å². The van der Waals surface area contributed by atoms with Gasteiger partial charge in [0.1, 0.15) is 4.32 Å². The zero-order valence-electron chi connectivity index (χ0n) is 9.01. The second kappa shape index (κ2) is 7.23. The molecule has 0 heterocycles. The Hall–Kier alpha value is -0.0900. The van der Waals surface area contributed by atoms with E-state index in [0.717, 1.165) is 32.2 Å². The molecule has 4 heteroatoms. The summed E-state index contributed by atoms with van der Waals surface area (Å²) in [5.41, 5.74) is 5.36. The molecule has 0 rings (SSSR count). The van der Waals surface area contributed by atoms with E-state index >= 15 is 0 Å². The van der Waals surface area contributed by atoms with Gasteiger partial charge in [-0.2, -0.15) is 0 Å². The van der Waals surface area contributed by atoms with Crippen molar-refractivity contribution in [3.63, 3.8) is 0 Å². The van der Waals surface area contributed by atoms with Crippen molar-refractivity contribution in [3.8, 4) is 0 Å². The minimum Gasteiger partial charge on any atom is -0.465 e. The van der Waals surface area contributed by atoms with Gasteiger partial charge >= 0.3 is 5.97 Å². The molecule has 3 nitrogen and oxygen atoms in total. The summed E-state index contributed by atoms with van der Waals surface area (Å²) in [6.45, 7) is 4.82. The topological polar surface area (TPSA) is 52.3 Å². The molecule has 84 valence electrons. The van der Waals surface area contributed by atoms with E-state index in [4.69, 9.17) is 10.5 Å². The highest BCUT2D eigenvalue weighted by Gasteiger charge is 2.24. The van der Waals surface area contributed by atoms with Gasteiger partial charge in [0.05, 0.1) is 6.61 Å². The van der Waals surface area contributed by atoms with E-state index in [-0.39, 0.29) is 5.97 Å². The number of esters is 1. The average Bonchev–Trinajstić information content (AvgIpc) is 2.09. The molecular formula is C10H20BrNO2. The fourth-order valence-electron chi connectivity index (χ4n) is 0.936. The smallest absolute Gasteiger partial charge is 0.322 e. The number of rotatable bonds is 7. The molecule has 0 aliphatic carbocycles. The van der Waals surface area contributed by atoms with Crippen LogP contribution >= 0.6 is 15.9 Å². The van der Waals surface area contributed by atoms with Crippen LogP contribution in [0.5, 0.6) is 0 Å². The number of nitrogens with two attached hydrogens (primary N) is 1. The number of hydrogen-bond acceptors (Lipinski definition) is 3. The monoisotopic (exact) mass is 265 g/mol. The van der Waals surface area contributed by atoms with Gasteiger partial charge in [-0.15, -0.1) is 0 Å². The zero-order valence-corrected chi connectivity index (χ0v) is 10.6. The highest BCUT2D eigenvalue weighted by molar-refractivity contribution is 9.10. The lowest BCUT2D eigenvalue weighted by Crippen LogP contribution is -2.26. The predicted octanol–water partition coefficient (Wildman–Crippen LogP) is 2.22. The normalized spacial score (nSPS) is 11.4. The maximum absolute atomic E-state index is 11.3. The number of carbonyl (C=O) groups excluding carboxylic acids is 1. The van der Waals surface area contributed by atoms with Crippen LogP contribution in [0, 0.1) is 0 Å². The van der Waals surface area contributed by atoms with E-state index in [1.165, 1.54) is 0 Å². The molecule has 0 saturated carbocycles. The van der Waals surface area contributed by atoms with Crippen LogP contribution in [0.1, 0.15) is 39.5 Å². The zero-order chi connectivity index (χ0) is 11.0. The van der Waals surface area contributed by atoms with E-state index in [1.54, 1.807) is 13.8 Å². The Morgan fingerprint density at radius 1 is 1.29 bits per heavy atom. The van der Waals surface area contributed by atoms with Crippen molar-refractivity contribution < 1.29 is 9.53 Å². The molecule has 0 aromatic rings. The molecule has 0 fully saturated rings. The summed E-state index contributed by atoms with van der Waals surface area (Å²) in [6.07, 6.45) is 4.17. The quantitative estimate of drug-likeness (QED) is 0.436. The lowest BCUT2D eigenvalue weighted by Gasteiger charge is -2.14. The molecule has 0 aromatic carbocycles. The van der Waals surface area contributed by atoms with Gasteiger partial charge in [0, 0.05) is 0 Å². The first-order chi connectivity index (χ1) is 6.48. The van der Waals surface area contributed by atoms with Crippen molar-refractivity contribution in [2.75, 3.05) is 13.2 Å². The highest BCUT2D eigenvalue weighted by Crippen LogP contribution is 2.17. The number of hydrogen-bond donors (Lipinski definition) is 1. The summed E-state index contributed by atoms with van der Waals surface area (Å²) < 4.78 is 4.50. The minimum atomic E-state index is -0.565. The number of ether oxygens (including phenoxy) is 1. The second-order valence-corrected chi connectivity index (χ2v) is 5.79. The van der Waals surface area contributed by atoms with Crippen LogP contribution < -0.4 is 5.73 Å². The van der Waals surface area contributed by atoms with E-state index in [9.17, 15) is 4.79 Å². The van der Waals surface area contributed by atoms with Crippen LogP contribution in [0.25, 0.3) is 0 Å². The SMILES string of the molecule is CC(C)(Br)C(=O)OCCCCCCN. The van der Waals surface area contributed by atoms with E-state index in [0.29, 0.717) is 6.61 Å². The van der Waals surface area contributed by atoms with E-state index in [2.05, 4.69) is 15.9 Å². The number of carbonyl (C=O) groups is 1. The molecule has 0 atom stereocenters. The molecule has 0 saturated heterocycles. The van der Waals surface area contributed by atoms with E-state index < -0.39 is 4.32 Å². The lowest BCUT2D eigenvalue weighted by molar-refractivity contribution is -0.145. The molecular weight excluding hydrogens is 246 g/mol. The lowest BCUT2D eigenvalue weighted by atomic mass is 10.2. The summed E-state index contributed by atoms with van der Waals surface area (Å²) in [5.74, 6) is -0.198. The van der Waals surface area contributed by atoms with Gasteiger partial charge < -0.3 is 10.5 Å². The van der Waals surface area contributed by atoms with Gasteiger partial charge in [-0.1, -0.05) is 28.8 Å². The Kier molecular flexibility index (Phi) is 7.19. The third-order valence-electron chi connectivity index (χ3n) is 1.82. The number of unbranched alkanes of at least 4 members (excludes halogenated alkanes) is 3. The molecule has 14 heavy (non-hydrogen) atoms. The first-order valence-corrected chi connectivity index (χ1v) is 5.84. The molecule has 0 bridgehead atoms. The van der Waals surface area contributed by atoms with Gasteiger partial charge in [-0.25, -0.2) is 0 Å². The van der Waals surface area contributed by atoms with Gasteiger partial charge in [0.15, 0.2) is 0 Å². The first-order valence-electron chi connectivity index (χ1n) is 5.04. The maximum atomic E-state index is 11.3. The summed E-state index contributed by atoms with van der Waals surface area (Å²) in [7, 11) is 0. The third kappa shape index (κ3) is 7.33. The minimum absolute atomic E-state index is 0.198. The Morgan fingerprint density at radius 2 is 1.86 bits per heavy atom. The Morgan fingerprint density at radius 3 is 2.36 bits per heavy atom. The Balaban J connectivity index is 3.33. The average molecular weight is 266 g/mol. The first kappa shape index (κ1) is 13.9. The summed E-state index contributed by atoms with van der Waals surface area (Å²) in [6, 6.07) is 0. The fourth-order valence-corrected chi connectivity index (χ4v) is 1.05. The molecule has 0 unspecified atom stereocenters. The number of halogens is 1.